The van der Waals surface area contributed by atoms with Crippen molar-refractivity contribution in [3.63, 3.8) is 0 Å². The number of aromatic nitrogens is 1. The zero-order chi connectivity index (χ0) is 20.4. The molecule has 152 valence electrons. The van der Waals surface area contributed by atoms with Crippen LogP contribution in [0.25, 0.3) is 0 Å². The second-order valence-electron chi connectivity index (χ2n) is 6.28. The normalized spacial score (nSPS) is 10.5. The Labute approximate surface area is 168 Å². The molecular weight excluding hydrogens is 380 g/mol. The molecule has 1 aromatic carbocycles. The van der Waals surface area contributed by atoms with Crippen LogP contribution in [0.2, 0.25) is 0 Å². The van der Waals surface area contributed by atoms with E-state index >= 15 is 0 Å². The Morgan fingerprint density at radius 2 is 2.04 bits per heavy atom. The van der Waals surface area contributed by atoms with Crippen molar-refractivity contribution in [1.82, 2.24) is 10.3 Å². The molecule has 0 atom stereocenters. The van der Waals surface area contributed by atoms with Gasteiger partial charge in [0.2, 0.25) is 5.91 Å². The first kappa shape index (κ1) is 21.7. The minimum atomic E-state index is -1.19. The van der Waals surface area contributed by atoms with E-state index in [1.165, 1.54) is 11.3 Å². The fourth-order valence-electron chi connectivity index (χ4n) is 2.54. The maximum Gasteiger partial charge on any atom is 0.227 e. The smallest absolute Gasteiger partial charge is 0.227 e. The van der Waals surface area contributed by atoms with E-state index in [1.807, 2.05) is 18.2 Å². The third-order valence-electron chi connectivity index (χ3n) is 3.96. The molecule has 2 rings (SSSR count). The Balaban J connectivity index is 1.84. The molecule has 1 amide bonds. The highest BCUT2D eigenvalue weighted by atomic mass is 32.1. The zero-order valence-electron chi connectivity index (χ0n) is 16.2. The van der Waals surface area contributed by atoms with Crippen molar-refractivity contribution in [1.29, 1.82) is 0 Å². The number of amides is 1. The molecule has 1 heterocycles. The van der Waals surface area contributed by atoms with Crippen LogP contribution in [0.15, 0.2) is 23.6 Å². The van der Waals surface area contributed by atoms with Crippen molar-refractivity contribution in [3.05, 3.63) is 39.8 Å². The number of hydrogen-bond donors (Lipinski definition) is 1. The number of thiazole rings is 1. The summed E-state index contributed by atoms with van der Waals surface area (Å²) in [7, 11) is 1.59. The predicted octanol–water partition coefficient (Wildman–Crippen LogP) is 1.87. The zero-order valence-corrected chi connectivity index (χ0v) is 17.0. The Morgan fingerprint density at radius 1 is 1.21 bits per heavy atom. The van der Waals surface area contributed by atoms with Crippen LogP contribution < -0.4 is 19.9 Å². The average molecular weight is 405 g/mol. The maximum atomic E-state index is 12.1. The van der Waals surface area contributed by atoms with Gasteiger partial charge in [0, 0.05) is 24.3 Å². The molecule has 1 aromatic heterocycles. The van der Waals surface area contributed by atoms with Gasteiger partial charge in [0.05, 0.1) is 25.8 Å². The molecule has 8 heteroatoms. The number of nitrogens with one attached hydrogen (secondary N) is 1. The fraction of sp³-hybridized carbons (Fsp3) is 0.450. The lowest BCUT2D eigenvalue weighted by atomic mass is 10.2. The first-order valence-electron chi connectivity index (χ1n) is 9.21. The van der Waals surface area contributed by atoms with Gasteiger partial charge in [-0.15, -0.1) is 11.3 Å². The van der Waals surface area contributed by atoms with E-state index in [4.69, 9.17) is 9.47 Å². The van der Waals surface area contributed by atoms with E-state index in [-0.39, 0.29) is 18.7 Å². The molecule has 0 saturated carbocycles. The summed E-state index contributed by atoms with van der Waals surface area (Å²) in [6.07, 6.45) is 3.12. The van der Waals surface area contributed by atoms with Crippen molar-refractivity contribution in [2.75, 3.05) is 13.7 Å². The summed E-state index contributed by atoms with van der Waals surface area (Å²) in [5.74, 6) is -0.0479. The second kappa shape index (κ2) is 11.3. The summed E-state index contributed by atoms with van der Waals surface area (Å²) < 4.78 is 11.1. The lowest BCUT2D eigenvalue weighted by Gasteiger charge is -2.12. The molecule has 0 fully saturated rings. The number of ether oxygens (including phenoxy) is 2. The number of rotatable bonds is 12. The quantitative estimate of drug-likeness (QED) is 0.541. The number of aliphatic carboxylic acids is 1. The third kappa shape index (κ3) is 7.19. The second-order valence-corrected chi connectivity index (χ2v) is 7.22. The van der Waals surface area contributed by atoms with E-state index in [0.717, 1.165) is 24.8 Å². The minimum absolute atomic E-state index is 0.105. The molecule has 0 spiro atoms. The number of carboxylic acids is 1. The lowest BCUT2D eigenvalue weighted by Crippen LogP contribution is -2.25. The molecular formula is C20H25N2O5S-. The van der Waals surface area contributed by atoms with Gasteiger partial charge in [-0.2, -0.15) is 0 Å². The summed E-state index contributed by atoms with van der Waals surface area (Å²) in [5, 5.41) is 15.6. The Kier molecular flexibility index (Phi) is 8.74. The van der Waals surface area contributed by atoms with Gasteiger partial charge < -0.3 is 24.7 Å². The summed E-state index contributed by atoms with van der Waals surface area (Å²) in [6, 6.07) is 5.58. The topological polar surface area (TPSA) is 101 Å². The van der Waals surface area contributed by atoms with Gasteiger partial charge in [-0.1, -0.05) is 25.8 Å². The summed E-state index contributed by atoms with van der Waals surface area (Å²) >= 11 is 1.26. The molecule has 0 unspecified atom stereocenters. The highest BCUT2D eigenvalue weighted by Crippen LogP contribution is 2.28. The number of methoxy groups -OCH3 is 1. The number of nitrogens with zero attached hydrogens (tertiary/aromatic N) is 1. The van der Waals surface area contributed by atoms with Gasteiger partial charge in [0.15, 0.2) is 11.5 Å². The number of hydrogen-bond acceptors (Lipinski definition) is 7. The number of carbonyl (C=O) groups is 2. The van der Waals surface area contributed by atoms with Gasteiger partial charge in [0.25, 0.3) is 0 Å². The molecule has 0 bridgehead atoms. The fourth-order valence-corrected chi connectivity index (χ4v) is 3.33. The van der Waals surface area contributed by atoms with Crippen molar-refractivity contribution in [3.8, 4) is 11.5 Å². The summed E-state index contributed by atoms with van der Waals surface area (Å²) in [4.78, 5) is 26.8. The molecule has 7 nitrogen and oxygen atoms in total. The van der Waals surface area contributed by atoms with Crippen molar-refractivity contribution < 1.29 is 24.2 Å². The minimum Gasteiger partial charge on any atom is -0.550 e. The lowest BCUT2D eigenvalue weighted by molar-refractivity contribution is -0.304. The highest BCUT2D eigenvalue weighted by molar-refractivity contribution is 7.09. The molecule has 0 saturated heterocycles. The molecule has 1 N–H and O–H groups in total. The summed E-state index contributed by atoms with van der Waals surface area (Å²) in [5.41, 5.74) is 1.30. The van der Waals surface area contributed by atoms with E-state index < -0.39 is 5.97 Å². The van der Waals surface area contributed by atoms with Gasteiger partial charge in [-0.3, -0.25) is 4.79 Å². The first-order valence-corrected chi connectivity index (χ1v) is 10.1. The monoisotopic (exact) mass is 405 g/mol. The van der Waals surface area contributed by atoms with E-state index in [1.54, 1.807) is 12.5 Å². The van der Waals surface area contributed by atoms with Crippen molar-refractivity contribution >= 4 is 23.2 Å². The standard InChI is InChI=1S/C20H26N2O5S/c1-3-4-5-8-27-16-7-6-14(9-17(16)26-2)12-21-18(23)11-19-22-15(13-28-19)10-20(24)25/h6-7,9,13H,3-5,8,10-12H2,1-2H3,(H,21,23)(H,24,25)/p-1. The van der Waals surface area contributed by atoms with Gasteiger partial charge in [-0.05, 0) is 24.1 Å². The van der Waals surface area contributed by atoms with Crippen LogP contribution in [0.5, 0.6) is 11.5 Å². The predicted molar refractivity (Wildman–Crippen MR) is 104 cm³/mol. The Morgan fingerprint density at radius 3 is 2.75 bits per heavy atom. The molecule has 28 heavy (non-hydrogen) atoms. The number of carbonyl (C=O) groups excluding carboxylic acids is 2. The molecule has 0 radical (unpaired) electrons. The Hall–Kier alpha value is -2.61. The van der Waals surface area contributed by atoms with Gasteiger partial charge in [0.1, 0.15) is 5.01 Å². The average Bonchev–Trinajstić information content (AvgIpc) is 3.09. The van der Waals surface area contributed by atoms with Crippen molar-refractivity contribution in [2.24, 2.45) is 0 Å². The number of unbranched alkanes of at least 4 members (excludes halogenated alkanes) is 2. The van der Waals surface area contributed by atoms with Crippen LogP contribution in [0, 0.1) is 0 Å². The van der Waals surface area contributed by atoms with Crippen LogP contribution in [-0.4, -0.2) is 30.6 Å². The largest absolute Gasteiger partial charge is 0.550 e. The molecule has 0 aliphatic carbocycles. The van der Waals surface area contributed by atoms with Crippen LogP contribution in [0.1, 0.15) is 42.5 Å². The van der Waals surface area contributed by atoms with Crippen LogP contribution in [-0.2, 0) is 29.0 Å². The van der Waals surface area contributed by atoms with Gasteiger partial charge >= 0.3 is 0 Å². The van der Waals surface area contributed by atoms with Crippen LogP contribution in [0.3, 0.4) is 0 Å². The van der Waals surface area contributed by atoms with E-state index in [0.29, 0.717) is 35.4 Å². The van der Waals surface area contributed by atoms with Crippen LogP contribution >= 0.6 is 11.3 Å². The first-order chi connectivity index (χ1) is 13.5. The number of carboxylic acid groups (broad SMARTS) is 1. The molecule has 0 aliphatic rings. The molecule has 0 aliphatic heterocycles. The van der Waals surface area contributed by atoms with E-state index in [2.05, 4.69) is 17.2 Å². The maximum absolute atomic E-state index is 12.1. The number of benzene rings is 1. The van der Waals surface area contributed by atoms with Crippen molar-refractivity contribution in [2.45, 2.75) is 45.6 Å². The Bertz CT molecular complexity index is 791. The van der Waals surface area contributed by atoms with E-state index in [9.17, 15) is 14.7 Å². The van der Waals surface area contributed by atoms with Gasteiger partial charge in [-0.25, -0.2) is 4.98 Å². The summed E-state index contributed by atoms with van der Waals surface area (Å²) in [6.45, 7) is 3.14. The van der Waals surface area contributed by atoms with Crippen LogP contribution in [0.4, 0.5) is 0 Å². The molecule has 2 aromatic rings. The highest BCUT2D eigenvalue weighted by Gasteiger charge is 2.10. The third-order valence-corrected chi connectivity index (χ3v) is 4.86. The SMILES string of the molecule is CCCCCOc1ccc(CNC(=O)Cc2nc(CC(=O)[O-])cs2)cc1OC.